The van der Waals surface area contributed by atoms with Gasteiger partial charge in [0.05, 0.1) is 0 Å². The Morgan fingerprint density at radius 1 is 0.880 bits per heavy atom. The first-order valence-corrected chi connectivity index (χ1v) is 17.5. The van der Waals surface area contributed by atoms with Crippen molar-refractivity contribution >= 4 is 47.3 Å². The Morgan fingerprint density at radius 3 is 2.18 bits per heavy atom. The fraction of sp³-hybridized carbons (Fsp3) is 0.629. The van der Waals surface area contributed by atoms with E-state index < -0.39 is 36.0 Å². The van der Waals surface area contributed by atoms with Crippen molar-refractivity contribution in [2.24, 2.45) is 23.5 Å². The maximum absolute atomic E-state index is 13.4. The minimum Gasteiger partial charge on any atom is -0.445 e. The van der Waals surface area contributed by atoms with E-state index in [0.29, 0.717) is 55.9 Å². The van der Waals surface area contributed by atoms with Crippen LogP contribution in [0.25, 0.3) is 0 Å². The molecule has 2 rings (SSSR count). The number of carbonyl (C=O) groups excluding carboxylic acids is 7. The Labute approximate surface area is 294 Å². The van der Waals surface area contributed by atoms with Crippen LogP contribution in [0.1, 0.15) is 91.5 Å². The van der Waals surface area contributed by atoms with E-state index in [2.05, 4.69) is 40.4 Å². The number of nitrogens with two attached hydrogens (primary N) is 1. The summed E-state index contributed by atoms with van der Waals surface area (Å²) in [5.74, 6) is -1.80. The van der Waals surface area contributed by atoms with Gasteiger partial charge < -0.3 is 37.1 Å². The fourth-order valence-corrected chi connectivity index (χ4v) is 5.22. The molecule has 1 aliphatic heterocycles. The molecule has 1 heterocycles. The number of hydrogen-bond acceptors (Lipinski definition) is 8. The van der Waals surface area contributed by atoms with Crippen LogP contribution in [0.4, 0.5) is 15.3 Å². The topological polar surface area (TPSA) is 218 Å². The molecule has 1 aliphatic rings. The number of unbranched alkanes of at least 4 members (excludes halogenated alkanes) is 2. The molecule has 0 spiro atoms. The van der Waals surface area contributed by atoms with Crippen molar-refractivity contribution in [3.63, 3.8) is 0 Å². The van der Waals surface area contributed by atoms with Crippen LogP contribution >= 0.6 is 0 Å². The number of hydrogen-bond donors (Lipinski definition) is 6. The number of urea groups is 1. The van der Waals surface area contributed by atoms with Gasteiger partial charge in [-0.3, -0.25) is 28.9 Å². The Balaban J connectivity index is 1.92. The summed E-state index contributed by atoms with van der Waals surface area (Å²) in [7, 11) is 0. The first-order valence-electron chi connectivity index (χ1n) is 17.5. The standard InChI is InChI=1S/C35H55N7O8/c1-22(2)16-18-38-35(49)50-21-25-12-14-26(15-13-25)39-31(45)27(10-9-17-37-34(36)48)40-32(46)30(23(3)4)41-28(43)11-7-6-8-19-42-29(44)20-24(5)33(42)47/h12-15,22-24,27,30H,6-11,16-21H2,1-5H3,(H,38,49)(H,39,45)(H,40,46)(H,41,43)(H3,36,37,48)/t24?,27-,30-/m0/s1. The highest BCUT2D eigenvalue weighted by atomic mass is 16.5. The lowest BCUT2D eigenvalue weighted by atomic mass is 10.0. The van der Waals surface area contributed by atoms with Crippen molar-refractivity contribution in [1.29, 1.82) is 0 Å². The summed E-state index contributed by atoms with van der Waals surface area (Å²) in [4.78, 5) is 87.9. The summed E-state index contributed by atoms with van der Waals surface area (Å²) in [6.45, 7) is 10.5. The molecule has 1 unspecified atom stereocenters. The van der Waals surface area contributed by atoms with Crippen LogP contribution in [0.15, 0.2) is 24.3 Å². The fourth-order valence-electron chi connectivity index (χ4n) is 5.22. The number of imide groups is 1. The molecule has 8 amide bonds. The Hall–Kier alpha value is -4.69. The molecule has 0 bridgehead atoms. The van der Waals surface area contributed by atoms with Crippen molar-refractivity contribution in [3.8, 4) is 0 Å². The molecule has 15 heteroatoms. The number of primary amides is 1. The summed E-state index contributed by atoms with van der Waals surface area (Å²) in [5.41, 5.74) is 6.32. The van der Waals surface area contributed by atoms with E-state index in [-0.39, 0.29) is 62.0 Å². The van der Waals surface area contributed by atoms with Gasteiger partial charge in [-0.05, 0) is 61.6 Å². The third kappa shape index (κ3) is 15.2. The smallest absolute Gasteiger partial charge is 0.407 e. The van der Waals surface area contributed by atoms with Crippen LogP contribution in [0, 0.1) is 17.8 Å². The number of amides is 8. The second kappa shape index (κ2) is 21.4. The van der Waals surface area contributed by atoms with Gasteiger partial charge in [-0.15, -0.1) is 0 Å². The van der Waals surface area contributed by atoms with Gasteiger partial charge in [0.2, 0.25) is 29.5 Å². The molecule has 50 heavy (non-hydrogen) atoms. The largest absolute Gasteiger partial charge is 0.445 e. The summed E-state index contributed by atoms with van der Waals surface area (Å²) < 4.78 is 5.24. The van der Waals surface area contributed by atoms with E-state index in [9.17, 15) is 33.6 Å². The van der Waals surface area contributed by atoms with E-state index in [1.165, 1.54) is 4.90 Å². The molecule has 1 aromatic carbocycles. The van der Waals surface area contributed by atoms with Crippen molar-refractivity contribution in [2.45, 2.75) is 105 Å². The molecule has 0 saturated carbocycles. The average Bonchev–Trinajstić information content (AvgIpc) is 3.29. The van der Waals surface area contributed by atoms with Gasteiger partial charge in [0, 0.05) is 44.1 Å². The molecule has 1 aromatic rings. The number of alkyl carbamates (subject to hydrolysis) is 1. The maximum Gasteiger partial charge on any atom is 0.407 e. The first kappa shape index (κ1) is 41.5. The van der Waals surface area contributed by atoms with Crippen LogP contribution in [-0.4, -0.2) is 78.3 Å². The summed E-state index contributed by atoms with van der Waals surface area (Å²) in [6, 6.07) is 4.10. The van der Waals surface area contributed by atoms with Crippen molar-refractivity contribution in [1.82, 2.24) is 26.2 Å². The molecule has 0 aromatic heterocycles. The molecule has 1 saturated heterocycles. The number of nitrogens with zero attached hydrogens (tertiary/aromatic N) is 1. The molecule has 1 fully saturated rings. The minimum atomic E-state index is -0.994. The number of nitrogens with one attached hydrogen (secondary N) is 5. The maximum atomic E-state index is 13.4. The average molecular weight is 702 g/mol. The number of benzene rings is 1. The zero-order chi connectivity index (χ0) is 37.2. The number of anilines is 1. The van der Waals surface area contributed by atoms with Gasteiger partial charge in [-0.1, -0.05) is 53.2 Å². The third-order valence-electron chi connectivity index (χ3n) is 8.20. The van der Waals surface area contributed by atoms with Crippen LogP contribution < -0.4 is 32.3 Å². The summed E-state index contributed by atoms with van der Waals surface area (Å²) in [5, 5.41) is 13.5. The normalized spacial score (nSPS) is 15.4. The van der Waals surface area contributed by atoms with E-state index in [4.69, 9.17) is 10.5 Å². The molecular weight excluding hydrogens is 646 g/mol. The SMILES string of the molecule is CC(C)CCNC(=O)OCc1ccc(NC(=O)[C@H](CCCNC(N)=O)NC(=O)[C@@H](NC(=O)CCCCCN2C(=O)CC(C)C2=O)C(C)C)cc1. The Bertz CT molecular complexity index is 1320. The van der Waals surface area contributed by atoms with E-state index in [1.54, 1.807) is 45.0 Å². The number of ether oxygens (including phenoxy) is 1. The molecule has 15 nitrogen and oxygen atoms in total. The first-order chi connectivity index (χ1) is 23.7. The molecule has 0 radical (unpaired) electrons. The molecule has 3 atom stereocenters. The summed E-state index contributed by atoms with van der Waals surface area (Å²) >= 11 is 0. The zero-order valence-corrected chi connectivity index (χ0v) is 30.0. The number of carbonyl (C=O) groups is 7. The monoisotopic (exact) mass is 701 g/mol. The van der Waals surface area contributed by atoms with Crippen LogP contribution in [-0.2, 0) is 35.3 Å². The van der Waals surface area contributed by atoms with E-state index in [0.717, 1.165) is 6.42 Å². The quantitative estimate of drug-likeness (QED) is 0.0825. The van der Waals surface area contributed by atoms with Crippen LogP contribution in [0.5, 0.6) is 0 Å². The lowest BCUT2D eigenvalue weighted by Crippen LogP contribution is -2.54. The predicted octanol–water partition coefficient (Wildman–Crippen LogP) is 2.93. The van der Waals surface area contributed by atoms with Crippen molar-refractivity contribution < 1.29 is 38.3 Å². The molecule has 278 valence electrons. The molecular formula is C35H55N7O8. The Kier molecular flexibility index (Phi) is 17.8. The van der Waals surface area contributed by atoms with Gasteiger partial charge in [-0.25, -0.2) is 9.59 Å². The highest BCUT2D eigenvalue weighted by Gasteiger charge is 2.35. The second-order valence-corrected chi connectivity index (χ2v) is 13.5. The number of likely N-dealkylation sites (tertiary alicyclic amines) is 1. The second-order valence-electron chi connectivity index (χ2n) is 13.5. The molecule has 0 aliphatic carbocycles. The van der Waals surface area contributed by atoms with E-state index in [1.807, 2.05) is 0 Å². The lowest BCUT2D eigenvalue weighted by Gasteiger charge is -2.25. The van der Waals surface area contributed by atoms with Crippen molar-refractivity contribution in [3.05, 3.63) is 29.8 Å². The van der Waals surface area contributed by atoms with Gasteiger partial charge in [-0.2, -0.15) is 0 Å². The Morgan fingerprint density at radius 2 is 1.58 bits per heavy atom. The highest BCUT2D eigenvalue weighted by molar-refractivity contribution is 6.03. The van der Waals surface area contributed by atoms with E-state index >= 15 is 0 Å². The van der Waals surface area contributed by atoms with Gasteiger partial charge in [0.1, 0.15) is 18.7 Å². The van der Waals surface area contributed by atoms with Crippen LogP contribution in [0.2, 0.25) is 0 Å². The van der Waals surface area contributed by atoms with Gasteiger partial charge in [0.15, 0.2) is 0 Å². The van der Waals surface area contributed by atoms with Gasteiger partial charge >= 0.3 is 12.1 Å². The molecule has 7 N–H and O–H groups in total. The minimum absolute atomic E-state index is 0.0511. The predicted molar refractivity (Wildman–Crippen MR) is 187 cm³/mol. The van der Waals surface area contributed by atoms with Gasteiger partial charge in [0.25, 0.3) is 0 Å². The highest BCUT2D eigenvalue weighted by Crippen LogP contribution is 2.19. The van der Waals surface area contributed by atoms with Crippen molar-refractivity contribution in [2.75, 3.05) is 25.0 Å². The number of rotatable bonds is 21. The lowest BCUT2D eigenvalue weighted by molar-refractivity contribution is -0.139. The van der Waals surface area contributed by atoms with Crippen LogP contribution in [0.3, 0.4) is 0 Å². The third-order valence-corrected chi connectivity index (χ3v) is 8.20. The zero-order valence-electron chi connectivity index (χ0n) is 30.0. The summed E-state index contributed by atoms with van der Waals surface area (Å²) in [6.07, 6.45) is 2.95.